The lowest BCUT2D eigenvalue weighted by atomic mass is 10.2. The van der Waals surface area contributed by atoms with Crippen LogP contribution in [0.15, 0.2) is 45.9 Å². The topological polar surface area (TPSA) is 73.5 Å². The Bertz CT molecular complexity index is 689. The van der Waals surface area contributed by atoms with Crippen LogP contribution in [0.5, 0.6) is 0 Å². The zero-order valence-electron chi connectivity index (χ0n) is 13.6. The summed E-state index contributed by atoms with van der Waals surface area (Å²) in [5, 5.41) is 2.88. The molecule has 2 aromatic rings. The summed E-state index contributed by atoms with van der Waals surface area (Å²) in [4.78, 5) is 23.8. The van der Waals surface area contributed by atoms with Crippen LogP contribution < -0.4 is 10.9 Å². The maximum atomic E-state index is 12.4. The molecule has 6 heteroatoms. The van der Waals surface area contributed by atoms with E-state index in [4.69, 9.17) is 9.15 Å². The van der Waals surface area contributed by atoms with E-state index in [1.807, 2.05) is 0 Å². The van der Waals surface area contributed by atoms with E-state index in [-0.39, 0.29) is 17.5 Å². The third-order valence-corrected chi connectivity index (χ3v) is 3.28. The van der Waals surface area contributed by atoms with Gasteiger partial charge in [-0.15, -0.1) is 0 Å². The van der Waals surface area contributed by atoms with Gasteiger partial charge < -0.3 is 19.0 Å². The molecule has 1 N–H and O–H groups in total. The van der Waals surface area contributed by atoms with Crippen molar-refractivity contribution in [2.75, 3.05) is 13.2 Å². The monoisotopic (exact) mass is 318 g/mol. The van der Waals surface area contributed by atoms with E-state index in [9.17, 15) is 9.59 Å². The highest BCUT2D eigenvalue weighted by Crippen LogP contribution is 2.15. The number of hydrogen-bond donors (Lipinski definition) is 1. The molecule has 1 amide bonds. The molecule has 2 rings (SSSR count). The predicted octanol–water partition coefficient (Wildman–Crippen LogP) is 2.12. The number of ether oxygens (including phenoxy) is 1. The summed E-state index contributed by atoms with van der Waals surface area (Å²) in [7, 11) is 1.61. The number of carbonyl (C=O) groups excluding carboxylic acids is 1. The molecule has 0 aliphatic heterocycles. The zero-order chi connectivity index (χ0) is 16.8. The molecule has 1 atom stereocenters. The van der Waals surface area contributed by atoms with E-state index < -0.39 is 0 Å². The maximum Gasteiger partial charge on any atom is 0.253 e. The second-order valence-electron chi connectivity index (χ2n) is 5.84. The van der Waals surface area contributed by atoms with Gasteiger partial charge in [-0.05, 0) is 24.1 Å². The Kier molecular flexibility index (Phi) is 5.76. The first-order chi connectivity index (χ1) is 11.0. The second-order valence-corrected chi connectivity index (χ2v) is 5.84. The minimum absolute atomic E-state index is 0.163. The van der Waals surface area contributed by atoms with Crippen LogP contribution in [0.25, 0.3) is 0 Å². The second kappa shape index (κ2) is 7.78. The Hall–Kier alpha value is -2.34. The summed E-state index contributed by atoms with van der Waals surface area (Å²) in [5.41, 5.74) is 0.247. The van der Waals surface area contributed by atoms with Crippen LogP contribution in [0.2, 0.25) is 0 Å². The van der Waals surface area contributed by atoms with Crippen LogP contribution in [-0.4, -0.2) is 23.7 Å². The molecule has 0 radical (unpaired) electrons. The van der Waals surface area contributed by atoms with Crippen molar-refractivity contribution in [3.8, 4) is 0 Å². The summed E-state index contributed by atoms with van der Waals surface area (Å²) >= 11 is 0. The number of hydrogen-bond acceptors (Lipinski definition) is 4. The smallest absolute Gasteiger partial charge is 0.253 e. The van der Waals surface area contributed by atoms with Gasteiger partial charge in [0.25, 0.3) is 5.91 Å². The first kappa shape index (κ1) is 17.0. The molecule has 6 nitrogen and oxygen atoms in total. The van der Waals surface area contributed by atoms with Crippen LogP contribution in [0, 0.1) is 5.92 Å². The number of nitrogens with zero attached hydrogens (tertiary/aromatic N) is 1. The van der Waals surface area contributed by atoms with Gasteiger partial charge in [0, 0.05) is 25.9 Å². The lowest BCUT2D eigenvalue weighted by Crippen LogP contribution is -2.32. The number of pyridine rings is 1. The molecule has 0 aliphatic carbocycles. The van der Waals surface area contributed by atoms with Crippen LogP contribution in [0.3, 0.4) is 0 Å². The molecule has 0 spiro atoms. The average molecular weight is 318 g/mol. The Balaban J connectivity index is 2.08. The Morgan fingerprint density at radius 3 is 2.70 bits per heavy atom. The molecule has 124 valence electrons. The first-order valence-corrected chi connectivity index (χ1v) is 7.56. The van der Waals surface area contributed by atoms with Gasteiger partial charge in [-0.25, -0.2) is 0 Å². The summed E-state index contributed by atoms with van der Waals surface area (Å²) in [5.74, 6) is 0.758. The van der Waals surface area contributed by atoms with Crippen molar-refractivity contribution in [1.82, 2.24) is 9.88 Å². The Morgan fingerprint density at radius 2 is 2.09 bits per heavy atom. The Morgan fingerprint density at radius 1 is 1.30 bits per heavy atom. The number of rotatable bonds is 7. The minimum atomic E-state index is -0.381. The molecule has 0 unspecified atom stereocenters. The first-order valence-electron chi connectivity index (χ1n) is 7.56. The van der Waals surface area contributed by atoms with Crippen molar-refractivity contribution in [2.45, 2.75) is 19.9 Å². The molecule has 2 heterocycles. The van der Waals surface area contributed by atoms with E-state index in [1.54, 1.807) is 25.4 Å². The number of aryl methyl sites for hydroxylation is 1. The van der Waals surface area contributed by atoms with Gasteiger partial charge in [-0.2, -0.15) is 0 Å². The Labute approximate surface area is 135 Å². The van der Waals surface area contributed by atoms with Crippen molar-refractivity contribution in [3.63, 3.8) is 0 Å². The molecule has 0 aliphatic rings. The highest BCUT2D eigenvalue weighted by atomic mass is 16.5. The maximum absolute atomic E-state index is 12.4. The quantitative estimate of drug-likeness (QED) is 0.848. The van der Waals surface area contributed by atoms with E-state index in [0.29, 0.717) is 30.5 Å². The SMILES string of the molecule is CC(C)COC[C@@H](NC(=O)c1ccc(=O)n(C)c1)c1ccco1. The largest absolute Gasteiger partial charge is 0.467 e. The zero-order valence-corrected chi connectivity index (χ0v) is 13.6. The fraction of sp³-hybridized carbons (Fsp3) is 0.412. The van der Waals surface area contributed by atoms with Crippen molar-refractivity contribution >= 4 is 5.91 Å². The molecule has 0 saturated heterocycles. The van der Waals surface area contributed by atoms with E-state index in [1.165, 1.54) is 22.9 Å². The molecule has 0 aromatic carbocycles. The number of carbonyl (C=O) groups is 1. The lowest BCUT2D eigenvalue weighted by Gasteiger charge is -2.18. The van der Waals surface area contributed by atoms with Crippen molar-refractivity contribution in [3.05, 3.63) is 58.4 Å². The number of nitrogens with one attached hydrogen (secondary N) is 1. The van der Waals surface area contributed by atoms with E-state index in [0.717, 1.165) is 0 Å². The summed E-state index contributed by atoms with van der Waals surface area (Å²) in [6, 6.07) is 6.05. The highest BCUT2D eigenvalue weighted by Gasteiger charge is 2.19. The molecular formula is C17H22N2O4. The third-order valence-electron chi connectivity index (χ3n) is 3.28. The normalized spacial score (nSPS) is 12.3. The van der Waals surface area contributed by atoms with E-state index in [2.05, 4.69) is 19.2 Å². The van der Waals surface area contributed by atoms with Crippen LogP contribution in [0.1, 0.15) is 36.0 Å². The van der Waals surface area contributed by atoms with Gasteiger partial charge in [0.2, 0.25) is 5.56 Å². The molecular weight excluding hydrogens is 296 g/mol. The van der Waals surface area contributed by atoms with Crippen molar-refractivity contribution in [2.24, 2.45) is 13.0 Å². The van der Waals surface area contributed by atoms with E-state index >= 15 is 0 Å². The predicted molar refractivity (Wildman–Crippen MR) is 86.3 cm³/mol. The van der Waals surface area contributed by atoms with Crippen molar-refractivity contribution in [1.29, 1.82) is 0 Å². The molecule has 2 aromatic heterocycles. The van der Waals surface area contributed by atoms with Gasteiger partial charge >= 0.3 is 0 Å². The standard InChI is InChI=1S/C17H22N2O4/c1-12(2)10-22-11-14(15-5-4-8-23-15)18-17(21)13-6-7-16(20)19(3)9-13/h4-9,12,14H,10-11H2,1-3H3,(H,18,21)/t14-/m1/s1. The summed E-state index contributed by atoms with van der Waals surface area (Å²) < 4.78 is 12.4. The van der Waals surface area contributed by atoms with Crippen LogP contribution in [-0.2, 0) is 11.8 Å². The van der Waals surface area contributed by atoms with Gasteiger partial charge in [0.1, 0.15) is 11.8 Å². The molecule has 0 bridgehead atoms. The highest BCUT2D eigenvalue weighted by molar-refractivity contribution is 5.94. The molecule has 23 heavy (non-hydrogen) atoms. The average Bonchev–Trinajstić information content (AvgIpc) is 3.02. The fourth-order valence-corrected chi connectivity index (χ4v) is 2.08. The molecule has 0 saturated carbocycles. The van der Waals surface area contributed by atoms with Gasteiger partial charge in [-0.1, -0.05) is 13.8 Å². The van der Waals surface area contributed by atoms with Crippen LogP contribution >= 0.6 is 0 Å². The minimum Gasteiger partial charge on any atom is -0.467 e. The van der Waals surface area contributed by atoms with Crippen molar-refractivity contribution < 1.29 is 13.9 Å². The number of amides is 1. The third kappa shape index (κ3) is 4.82. The number of furan rings is 1. The van der Waals surface area contributed by atoms with Gasteiger partial charge in [0.05, 0.1) is 18.4 Å². The van der Waals surface area contributed by atoms with Crippen LogP contribution in [0.4, 0.5) is 0 Å². The fourth-order valence-electron chi connectivity index (χ4n) is 2.08. The summed E-state index contributed by atoms with van der Waals surface area (Å²) in [6.45, 7) is 5.05. The lowest BCUT2D eigenvalue weighted by molar-refractivity contribution is 0.0730. The summed E-state index contributed by atoms with van der Waals surface area (Å²) in [6.07, 6.45) is 3.06. The number of aromatic nitrogens is 1. The molecule has 0 fully saturated rings. The van der Waals surface area contributed by atoms with Gasteiger partial charge in [-0.3, -0.25) is 9.59 Å². The van der Waals surface area contributed by atoms with Gasteiger partial charge in [0.15, 0.2) is 0 Å².